The van der Waals surface area contributed by atoms with E-state index in [0.29, 0.717) is 12.4 Å². The summed E-state index contributed by atoms with van der Waals surface area (Å²) in [6, 6.07) is 23.0. The lowest BCUT2D eigenvalue weighted by Crippen LogP contribution is -2.34. The molecular weight excluding hydrogens is 442 g/mol. The Morgan fingerprint density at radius 2 is 1.77 bits per heavy atom. The predicted octanol–water partition coefficient (Wildman–Crippen LogP) is 5.29. The molecule has 3 aromatic rings. The highest BCUT2D eigenvalue weighted by molar-refractivity contribution is 9.10. The minimum absolute atomic E-state index is 0.222. The summed E-state index contributed by atoms with van der Waals surface area (Å²) in [4.78, 5) is 12.3. The average Bonchev–Trinajstić information content (AvgIpc) is 2.75. The molecule has 0 aliphatic heterocycles. The first-order valence-corrected chi connectivity index (χ1v) is 10.4. The summed E-state index contributed by atoms with van der Waals surface area (Å²) in [6.07, 6.45) is 1.59. The standard InChI is InChI=1S/C24H24BrN3O2/c1-17-7-13-22(14-8-17)27-18(2)24(29)28-26-15-20-5-3-4-6-23(20)30-16-19-9-11-21(25)12-10-19/h3-15,18,27H,16H2,1-2H3,(H,28,29)/t18-/m0/s1. The highest BCUT2D eigenvalue weighted by Gasteiger charge is 2.11. The Labute approximate surface area is 185 Å². The van der Waals surface area contributed by atoms with Crippen LogP contribution >= 0.6 is 15.9 Å². The number of carbonyl (C=O) groups is 1. The first-order valence-electron chi connectivity index (χ1n) is 9.63. The molecule has 30 heavy (non-hydrogen) atoms. The first kappa shape index (κ1) is 21.6. The van der Waals surface area contributed by atoms with Crippen LogP contribution in [-0.4, -0.2) is 18.2 Å². The van der Waals surface area contributed by atoms with E-state index in [0.717, 1.165) is 21.3 Å². The van der Waals surface area contributed by atoms with Crippen LogP contribution in [0.2, 0.25) is 0 Å². The number of halogens is 1. The monoisotopic (exact) mass is 465 g/mol. The number of amides is 1. The molecule has 3 rings (SSSR count). The molecule has 3 aromatic carbocycles. The van der Waals surface area contributed by atoms with Crippen LogP contribution in [0.25, 0.3) is 0 Å². The Bertz CT molecular complexity index is 1000. The SMILES string of the molecule is Cc1ccc(N[C@@H](C)C(=O)NN=Cc2ccccc2OCc2ccc(Br)cc2)cc1. The summed E-state index contributed by atoms with van der Waals surface area (Å²) in [6.45, 7) is 4.26. The highest BCUT2D eigenvalue weighted by atomic mass is 79.9. The van der Waals surface area contributed by atoms with Gasteiger partial charge in [0.15, 0.2) is 0 Å². The molecule has 0 bridgehead atoms. The number of anilines is 1. The zero-order chi connectivity index (χ0) is 21.3. The number of carbonyl (C=O) groups excluding carboxylic acids is 1. The molecule has 0 saturated carbocycles. The van der Waals surface area contributed by atoms with Crippen LogP contribution in [0, 0.1) is 6.92 Å². The van der Waals surface area contributed by atoms with E-state index < -0.39 is 6.04 Å². The Hall–Kier alpha value is -3.12. The first-order chi connectivity index (χ1) is 14.5. The van der Waals surface area contributed by atoms with E-state index in [1.165, 1.54) is 5.56 Å². The second-order valence-electron chi connectivity index (χ2n) is 6.92. The van der Waals surface area contributed by atoms with E-state index in [1.54, 1.807) is 13.1 Å². The normalized spacial score (nSPS) is 11.8. The molecule has 0 radical (unpaired) electrons. The minimum Gasteiger partial charge on any atom is -0.488 e. The molecule has 0 saturated heterocycles. The summed E-state index contributed by atoms with van der Waals surface area (Å²) in [5.74, 6) is 0.476. The number of para-hydroxylation sites is 1. The number of hydrazone groups is 1. The highest BCUT2D eigenvalue weighted by Crippen LogP contribution is 2.18. The fraction of sp³-hybridized carbons (Fsp3) is 0.167. The maximum atomic E-state index is 12.3. The van der Waals surface area contributed by atoms with E-state index in [4.69, 9.17) is 4.74 Å². The van der Waals surface area contributed by atoms with Crippen LogP contribution in [0.4, 0.5) is 5.69 Å². The maximum absolute atomic E-state index is 12.3. The summed E-state index contributed by atoms with van der Waals surface area (Å²) < 4.78 is 6.95. The number of aryl methyl sites for hydroxylation is 1. The van der Waals surface area contributed by atoms with E-state index >= 15 is 0 Å². The summed E-state index contributed by atoms with van der Waals surface area (Å²) >= 11 is 3.43. The Morgan fingerprint density at radius 3 is 2.50 bits per heavy atom. The largest absolute Gasteiger partial charge is 0.488 e. The number of hydrogen-bond donors (Lipinski definition) is 2. The topological polar surface area (TPSA) is 62.7 Å². The smallest absolute Gasteiger partial charge is 0.262 e. The van der Waals surface area contributed by atoms with Gasteiger partial charge in [-0.3, -0.25) is 4.79 Å². The lowest BCUT2D eigenvalue weighted by Gasteiger charge is -2.13. The average molecular weight is 466 g/mol. The van der Waals surface area contributed by atoms with Gasteiger partial charge in [0.25, 0.3) is 5.91 Å². The molecule has 0 heterocycles. The van der Waals surface area contributed by atoms with Crippen LogP contribution < -0.4 is 15.5 Å². The Morgan fingerprint density at radius 1 is 1.07 bits per heavy atom. The van der Waals surface area contributed by atoms with E-state index in [9.17, 15) is 4.79 Å². The van der Waals surface area contributed by atoms with Crippen LogP contribution in [0.15, 0.2) is 82.4 Å². The fourth-order valence-corrected chi connectivity index (χ4v) is 2.95. The van der Waals surface area contributed by atoms with Gasteiger partial charge in [0.2, 0.25) is 0 Å². The number of rotatable bonds is 8. The fourth-order valence-electron chi connectivity index (χ4n) is 2.69. The van der Waals surface area contributed by atoms with Crippen molar-refractivity contribution in [1.82, 2.24) is 5.43 Å². The second-order valence-corrected chi connectivity index (χ2v) is 7.83. The lowest BCUT2D eigenvalue weighted by molar-refractivity contribution is -0.121. The summed E-state index contributed by atoms with van der Waals surface area (Å²) in [5.41, 5.74) is 6.48. The van der Waals surface area contributed by atoms with Gasteiger partial charge in [-0.05, 0) is 55.8 Å². The van der Waals surface area contributed by atoms with Gasteiger partial charge in [-0.15, -0.1) is 0 Å². The van der Waals surface area contributed by atoms with Gasteiger partial charge in [-0.1, -0.05) is 57.9 Å². The Kier molecular flexibility index (Phi) is 7.63. The van der Waals surface area contributed by atoms with Crippen molar-refractivity contribution in [3.63, 3.8) is 0 Å². The molecule has 0 unspecified atom stereocenters. The molecule has 1 amide bonds. The van der Waals surface area contributed by atoms with Crippen LogP contribution in [-0.2, 0) is 11.4 Å². The van der Waals surface area contributed by atoms with Crippen LogP contribution in [0.5, 0.6) is 5.75 Å². The zero-order valence-electron chi connectivity index (χ0n) is 16.9. The number of hydrogen-bond acceptors (Lipinski definition) is 4. The lowest BCUT2D eigenvalue weighted by atomic mass is 10.2. The molecule has 0 aliphatic carbocycles. The van der Waals surface area contributed by atoms with Gasteiger partial charge in [-0.25, -0.2) is 5.43 Å². The molecule has 0 aromatic heterocycles. The molecule has 0 fully saturated rings. The third kappa shape index (κ3) is 6.46. The van der Waals surface area contributed by atoms with Gasteiger partial charge >= 0.3 is 0 Å². The quantitative estimate of drug-likeness (QED) is 0.351. The van der Waals surface area contributed by atoms with Gasteiger partial charge in [0, 0.05) is 15.7 Å². The number of ether oxygens (including phenoxy) is 1. The minimum atomic E-state index is -0.422. The molecule has 0 aliphatic rings. The van der Waals surface area contributed by atoms with Gasteiger partial charge < -0.3 is 10.1 Å². The van der Waals surface area contributed by atoms with Crippen LogP contribution in [0.3, 0.4) is 0 Å². The zero-order valence-corrected chi connectivity index (χ0v) is 18.5. The molecule has 1 atom stereocenters. The van der Waals surface area contributed by atoms with Crippen molar-refractivity contribution < 1.29 is 9.53 Å². The van der Waals surface area contributed by atoms with Crippen molar-refractivity contribution in [2.24, 2.45) is 5.10 Å². The van der Waals surface area contributed by atoms with Crippen molar-refractivity contribution >= 4 is 33.7 Å². The molecular formula is C24H24BrN3O2. The maximum Gasteiger partial charge on any atom is 0.262 e. The molecule has 2 N–H and O–H groups in total. The number of nitrogens with one attached hydrogen (secondary N) is 2. The second kappa shape index (κ2) is 10.6. The van der Waals surface area contributed by atoms with Crippen molar-refractivity contribution in [2.45, 2.75) is 26.5 Å². The van der Waals surface area contributed by atoms with E-state index in [-0.39, 0.29) is 5.91 Å². The van der Waals surface area contributed by atoms with E-state index in [2.05, 4.69) is 31.8 Å². The van der Waals surface area contributed by atoms with Crippen molar-refractivity contribution in [3.05, 3.63) is 94.0 Å². The molecule has 6 heteroatoms. The van der Waals surface area contributed by atoms with Crippen molar-refractivity contribution in [1.29, 1.82) is 0 Å². The van der Waals surface area contributed by atoms with Gasteiger partial charge in [-0.2, -0.15) is 5.10 Å². The van der Waals surface area contributed by atoms with E-state index in [1.807, 2.05) is 79.7 Å². The molecule has 154 valence electrons. The predicted molar refractivity (Wildman–Crippen MR) is 125 cm³/mol. The number of nitrogens with zero attached hydrogens (tertiary/aromatic N) is 1. The number of benzene rings is 3. The molecule has 5 nitrogen and oxygen atoms in total. The van der Waals surface area contributed by atoms with Gasteiger partial charge in [0.05, 0.1) is 6.21 Å². The van der Waals surface area contributed by atoms with Crippen molar-refractivity contribution in [3.8, 4) is 5.75 Å². The third-order valence-corrected chi connectivity index (χ3v) is 4.96. The third-order valence-electron chi connectivity index (χ3n) is 4.43. The van der Waals surface area contributed by atoms with Gasteiger partial charge in [0.1, 0.15) is 18.4 Å². The Balaban J connectivity index is 1.55. The summed E-state index contributed by atoms with van der Waals surface area (Å²) in [7, 11) is 0. The van der Waals surface area contributed by atoms with Crippen LogP contribution in [0.1, 0.15) is 23.6 Å². The van der Waals surface area contributed by atoms with Crippen molar-refractivity contribution in [2.75, 3.05) is 5.32 Å². The summed E-state index contributed by atoms with van der Waals surface area (Å²) in [5, 5.41) is 7.25. The molecule has 0 spiro atoms.